The monoisotopic (exact) mass is 253 g/mol. The number of carbonyl (C=O) groups is 1. The van der Waals surface area contributed by atoms with Crippen molar-refractivity contribution in [1.82, 2.24) is 0 Å². The van der Waals surface area contributed by atoms with Gasteiger partial charge >= 0.3 is 5.97 Å². The van der Waals surface area contributed by atoms with Crippen LogP contribution in [0.15, 0.2) is 48.5 Å². The molecule has 0 atom stereocenters. The van der Waals surface area contributed by atoms with Gasteiger partial charge in [0.1, 0.15) is 11.5 Å². The summed E-state index contributed by atoms with van der Waals surface area (Å²) in [5.41, 5.74) is 1.24. The van der Waals surface area contributed by atoms with Crippen LogP contribution in [0.4, 0.5) is 0 Å². The highest BCUT2D eigenvalue weighted by atomic mass is 16.5. The quantitative estimate of drug-likeness (QED) is 0.909. The van der Waals surface area contributed by atoms with Crippen molar-refractivity contribution in [1.29, 1.82) is 5.26 Å². The molecule has 0 amide bonds. The van der Waals surface area contributed by atoms with E-state index in [1.54, 1.807) is 48.5 Å². The van der Waals surface area contributed by atoms with E-state index in [1.165, 1.54) is 0 Å². The second-order valence-electron chi connectivity index (χ2n) is 3.96. The highest BCUT2D eigenvalue weighted by molar-refractivity contribution is 5.70. The van der Waals surface area contributed by atoms with Gasteiger partial charge in [-0.05, 0) is 42.0 Å². The molecular formula is C15H11NO3. The molecule has 0 aliphatic carbocycles. The Labute approximate surface area is 110 Å². The maximum absolute atomic E-state index is 10.6. The Morgan fingerprint density at radius 3 is 2.53 bits per heavy atom. The molecular weight excluding hydrogens is 242 g/mol. The Morgan fingerprint density at radius 2 is 1.89 bits per heavy atom. The number of ether oxygens (including phenoxy) is 1. The summed E-state index contributed by atoms with van der Waals surface area (Å²) in [6.07, 6.45) is -0.0371. The van der Waals surface area contributed by atoms with Crippen LogP contribution in [-0.4, -0.2) is 11.1 Å². The summed E-state index contributed by atoms with van der Waals surface area (Å²) in [5.74, 6) is 0.297. The number of carboxylic acids is 1. The molecule has 2 aromatic rings. The first-order valence-electron chi connectivity index (χ1n) is 5.66. The molecule has 0 radical (unpaired) electrons. The predicted molar refractivity (Wildman–Crippen MR) is 69.0 cm³/mol. The Hall–Kier alpha value is -2.80. The number of hydrogen-bond acceptors (Lipinski definition) is 3. The lowest BCUT2D eigenvalue weighted by atomic mass is 10.1. The van der Waals surface area contributed by atoms with Crippen molar-refractivity contribution in [2.45, 2.75) is 6.42 Å². The van der Waals surface area contributed by atoms with Gasteiger partial charge in [-0.1, -0.05) is 12.1 Å². The van der Waals surface area contributed by atoms with E-state index in [0.29, 0.717) is 22.6 Å². The molecule has 2 rings (SSSR count). The van der Waals surface area contributed by atoms with Gasteiger partial charge in [0.15, 0.2) is 0 Å². The molecule has 19 heavy (non-hydrogen) atoms. The van der Waals surface area contributed by atoms with Crippen LogP contribution < -0.4 is 4.74 Å². The number of nitriles is 1. The van der Waals surface area contributed by atoms with Crippen LogP contribution >= 0.6 is 0 Å². The molecule has 2 aromatic carbocycles. The zero-order chi connectivity index (χ0) is 13.7. The summed E-state index contributed by atoms with van der Waals surface area (Å²) in [6.45, 7) is 0. The third-order valence-electron chi connectivity index (χ3n) is 2.47. The molecule has 0 spiro atoms. The molecule has 0 aliphatic heterocycles. The van der Waals surface area contributed by atoms with Crippen LogP contribution in [0.2, 0.25) is 0 Å². The summed E-state index contributed by atoms with van der Waals surface area (Å²) in [4.78, 5) is 10.6. The van der Waals surface area contributed by atoms with E-state index in [4.69, 9.17) is 15.1 Å². The summed E-state index contributed by atoms with van der Waals surface area (Å²) >= 11 is 0. The molecule has 0 bridgehead atoms. The highest BCUT2D eigenvalue weighted by Crippen LogP contribution is 2.22. The lowest BCUT2D eigenvalue weighted by molar-refractivity contribution is -0.136. The molecule has 0 saturated carbocycles. The molecule has 4 nitrogen and oxygen atoms in total. The molecule has 0 fully saturated rings. The number of carboxylic acid groups (broad SMARTS) is 1. The molecule has 1 N–H and O–H groups in total. The van der Waals surface area contributed by atoms with Crippen molar-refractivity contribution in [3.05, 3.63) is 59.7 Å². The van der Waals surface area contributed by atoms with E-state index in [-0.39, 0.29) is 6.42 Å². The maximum Gasteiger partial charge on any atom is 0.307 e. The number of benzene rings is 2. The Bertz CT molecular complexity index is 627. The third-order valence-corrected chi connectivity index (χ3v) is 2.47. The van der Waals surface area contributed by atoms with Crippen LogP contribution in [0.3, 0.4) is 0 Å². The van der Waals surface area contributed by atoms with Crippen LogP contribution in [0.25, 0.3) is 0 Å². The summed E-state index contributed by atoms with van der Waals surface area (Å²) in [5, 5.41) is 17.4. The second kappa shape index (κ2) is 5.69. The Balaban J connectivity index is 2.14. The number of hydrogen-bond donors (Lipinski definition) is 1. The average molecular weight is 253 g/mol. The van der Waals surface area contributed by atoms with E-state index in [9.17, 15) is 4.79 Å². The summed E-state index contributed by atoms with van der Waals surface area (Å²) < 4.78 is 5.60. The summed E-state index contributed by atoms with van der Waals surface area (Å²) in [6, 6.07) is 15.7. The van der Waals surface area contributed by atoms with Crippen molar-refractivity contribution in [3.8, 4) is 17.6 Å². The molecule has 0 aromatic heterocycles. The third kappa shape index (κ3) is 3.58. The van der Waals surface area contributed by atoms with Crippen molar-refractivity contribution in [2.24, 2.45) is 0 Å². The van der Waals surface area contributed by atoms with Gasteiger partial charge in [-0.15, -0.1) is 0 Å². The Morgan fingerprint density at radius 1 is 1.16 bits per heavy atom. The van der Waals surface area contributed by atoms with E-state index < -0.39 is 5.97 Å². The minimum absolute atomic E-state index is 0.0371. The summed E-state index contributed by atoms with van der Waals surface area (Å²) in [7, 11) is 0. The highest BCUT2D eigenvalue weighted by Gasteiger charge is 2.03. The lowest BCUT2D eigenvalue weighted by Crippen LogP contribution is -1.99. The lowest BCUT2D eigenvalue weighted by Gasteiger charge is -2.06. The number of rotatable bonds is 4. The first-order chi connectivity index (χ1) is 9.17. The SMILES string of the molecule is N#Cc1ccc(Oc2cccc(CC(=O)O)c2)cc1. The van der Waals surface area contributed by atoms with E-state index in [1.807, 2.05) is 6.07 Å². The predicted octanol–water partition coefficient (Wildman–Crippen LogP) is 2.98. The minimum Gasteiger partial charge on any atom is -0.481 e. The van der Waals surface area contributed by atoms with Gasteiger partial charge in [0.25, 0.3) is 0 Å². The molecule has 0 heterocycles. The van der Waals surface area contributed by atoms with E-state index in [2.05, 4.69) is 0 Å². The largest absolute Gasteiger partial charge is 0.481 e. The van der Waals surface area contributed by atoms with Crippen LogP contribution in [-0.2, 0) is 11.2 Å². The Kier molecular flexibility index (Phi) is 3.79. The standard InChI is InChI=1S/C15H11NO3/c16-10-11-4-6-13(7-5-11)19-14-3-1-2-12(8-14)9-15(17)18/h1-8H,9H2,(H,17,18). The molecule has 4 heteroatoms. The zero-order valence-electron chi connectivity index (χ0n) is 10.0. The zero-order valence-corrected chi connectivity index (χ0v) is 10.0. The molecule has 94 valence electrons. The first-order valence-corrected chi connectivity index (χ1v) is 5.66. The van der Waals surface area contributed by atoms with Crippen molar-refractivity contribution in [3.63, 3.8) is 0 Å². The molecule has 0 aliphatic rings. The number of nitrogens with zero attached hydrogens (tertiary/aromatic N) is 1. The normalized spacial score (nSPS) is 9.63. The van der Waals surface area contributed by atoms with Gasteiger partial charge in [-0.2, -0.15) is 5.26 Å². The van der Waals surface area contributed by atoms with Crippen molar-refractivity contribution in [2.75, 3.05) is 0 Å². The van der Waals surface area contributed by atoms with Gasteiger partial charge in [0, 0.05) is 0 Å². The van der Waals surface area contributed by atoms with Gasteiger partial charge in [0.05, 0.1) is 18.1 Å². The van der Waals surface area contributed by atoms with Gasteiger partial charge in [-0.25, -0.2) is 0 Å². The van der Waals surface area contributed by atoms with Crippen molar-refractivity contribution >= 4 is 5.97 Å². The fourth-order valence-corrected chi connectivity index (χ4v) is 1.63. The second-order valence-corrected chi connectivity index (χ2v) is 3.96. The van der Waals surface area contributed by atoms with E-state index in [0.717, 1.165) is 0 Å². The van der Waals surface area contributed by atoms with Crippen LogP contribution in [0.5, 0.6) is 11.5 Å². The molecule has 0 unspecified atom stereocenters. The van der Waals surface area contributed by atoms with E-state index >= 15 is 0 Å². The van der Waals surface area contributed by atoms with Gasteiger partial charge < -0.3 is 9.84 Å². The number of aliphatic carboxylic acids is 1. The smallest absolute Gasteiger partial charge is 0.307 e. The van der Waals surface area contributed by atoms with Crippen LogP contribution in [0, 0.1) is 11.3 Å². The topological polar surface area (TPSA) is 70.3 Å². The van der Waals surface area contributed by atoms with Gasteiger partial charge in [-0.3, -0.25) is 4.79 Å². The van der Waals surface area contributed by atoms with Crippen molar-refractivity contribution < 1.29 is 14.6 Å². The van der Waals surface area contributed by atoms with Gasteiger partial charge in [0.2, 0.25) is 0 Å². The maximum atomic E-state index is 10.6. The fraction of sp³-hybridized carbons (Fsp3) is 0.0667. The molecule has 0 saturated heterocycles. The van der Waals surface area contributed by atoms with Crippen LogP contribution in [0.1, 0.15) is 11.1 Å². The first kappa shape index (κ1) is 12.7. The minimum atomic E-state index is -0.879. The fourth-order valence-electron chi connectivity index (χ4n) is 1.63. The average Bonchev–Trinajstić information content (AvgIpc) is 2.39.